The summed E-state index contributed by atoms with van der Waals surface area (Å²) in [4.78, 5) is 0. The summed E-state index contributed by atoms with van der Waals surface area (Å²) >= 11 is 5.91. The monoisotopic (exact) mass is 179 g/mol. The van der Waals surface area contributed by atoms with Gasteiger partial charge in [-0.25, -0.2) is 0 Å². The highest BCUT2D eigenvalue weighted by Gasteiger charge is 2.28. The van der Waals surface area contributed by atoms with Crippen molar-refractivity contribution in [2.24, 2.45) is 10.6 Å². The Balaban J connectivity index is 4.34. The summed E-state index contributed by atoms with van der Waals surface area (Å²) in [6.45, 7) is 5.82. The Morgan fingerprint density at radius 1 is 1.55 bits per heavy atom. The van der Waals surface area contributed by atoms with E-state index in [4.69, 9.17) is 21.5 Å². The SMILES string of the molecule is CO/C(=N\O)C(Cl)C(C)(C)C. The average Bonchev–Trinajstić information content (AvgIpc) is 1.88. The highest BCUT2D eigenvalue weighted by atomic mass is 35.5. The Bertz CT molecular complexity index is 151. The van der Waals surface area contributed by atoms with Crippen LogP contribution < -0.4 is 0 Å². The molecule has 0 heterocycles. The largest absolute Gasteiger partial charge is 0.481 e. The molecule has 0 aromatic rings. The zero-order chi connectivity index (χ0) is 9.07. The van der Waals surface area contributed by atoms with Crippen molar-refractivity contribution in [2.75, 3.05) is 7.11 Å². The van der Waals surface area contributed by atoms with E-state index in [0.29, 0.717) is 0 Å². The molecule has 4 heteroatoms. The van der Waals surface area contributed by atoms with Crippen molar-refractivity contribution >= 4 is 17.5 Å². The molecule has 66 valence electrons. The Kier molecular flexibility index (Phi) is 3.66. The number of nitrogens with zero attached hydrogens (tertiary/aromatic N) is 1. The Hall–Kier alpha value is -0.440. The molecule has 3 nitrogen and oxygen atoms in total. The molecule has 0 radical (unpaired) electrons. The van der Waals surface area contributed by atoms with Gasteiger partial charge in [-0.05, 0) is 5.41 Å². The lowest BCUT2D eigenvalue weighted by Gasteiger charge is -2.24. The first-order valence-corrected chi connectivity index (χ1v) is 3.77. The van der Waals surface area contributed by atoms with Gasteiger partial charge in [0.1, 0.15) is 5.38 Å². The number of halogens is 1. The van der Waals surface area contributed by atoms with Gasteiger partial charge in [0.25, 0.3) is 0 Å². The summed E-state index contributed by atoms with van der Waals surface area (Å²) in [5, 5.41) is 11.0. The van der Waals surface area contributed by atoms with Crippen molar-refractivity contribution in [3.8, 4) is 0 Å². The maximum atomic E-state index is 8.44. The summed E-state index contributed by atoms with van der Waals surface area (Å²) < 4.78 is 4.76. The Morgan fingerprint density at radius 2 is 2.00 bits per heavy atom. The van der Waals surface area contributed by atoms with Crippen LogP contribution in [-0.2, 0) is 4.74 Å². The summed E-state index contributed by atoms with van der Waals surface area (Å²) in [6.07, 6.45) is 0. The highest BCUT2D eigenvalue weighted by molar-refractivity contribution is 6.31. The van der Waals surface area contributed by atoms with Crippen LogP contribution in [-0.4, -0.2) is 23.6 Å². The second kappa shape index (κ2) is 3.81. The van der Waals surface area contributed by atoms with E-state index in [1.807, 2.05) is 20.8 Å². The second-order valence-corrected chi connectivity index (χ2v) is 3.81. The number of alkyl halides is 1. The van der Waals surface area contributed by atoms with E-state index in [-0.39, 0.29) is 11.3 Å². The van der Waals surface area contributed by atoms with Gasteiger partial charge in [-0.2, -0.15) is 0 Å². The van der Waals surface area contributed by atoms with Gasteiger partial charge >= 0.3 is 0 Å². The zero-order valence-electron chi connectivity index (χ0n) is 7.26. The third-order valence-corrected chi connectivity index (χ3v) is 2.13. The molecule has 0 bridgehead atoms. The van der Waals surface area contributed by atoms with Crippen LogP contribution in [0.2, 0.25) is 0 Å². The molecule has 1 unspecified atom stereocenters. The Morgan fingerprint density at radius 3 is 2.09 bits per heavy atom. The van der Waals surface area contributed by atoms with Gasteiger partial charge < -0.3 is 9.94 Å². The molecule has 0 rings (SSSR count). The molecule has 0 aliphatic rings. The maximum Gasteiger partial charge on any atom is 0.243 e. The van der Waals surface area contributed by atoms with Crippen LogP contribution >= 0.6 is 11.6 Å². The third-order valence-electron chi connectivity index (χ3n) is 1.28. The molecule has 0 aromatic heterocycles. The van der Waals surface area contributed by atoms with Crippen molar-refractivity contribution < 1.29 is 9.94 Å². The molecule has 1 N–H and O–H groups in total. The molecule has 11 heavy (non-hydrogen) atoms. The average molecular weight is 180 g/mol. The molecule has 0 amide bonds. The van der Waals surface area contributed by atoms with Crippen molar-refractivity contribution in [2.45, 2.75) is 26.1 Å². The van der Waals surface area contributed by atoms with Gasteiger partial charge in [0, 0.05) is 0 Å². The van der Waals surface area contributed by atoms with Gasteiger partial charge in [-0.1, -0.05) is 25.9 Å². The number of oxime groups is 1. The van der Waals surface area contributed by atoms with Crippen LogP contribution in [0.4, 0.5) is 0 Å². The Labute approximate surface area is 72.0 Å². The van der Waals surface area contributed by atoms with Gasteiger partial charge in [0.15, 0.2) is 0 Å². The maximum absolute atomic E-state index is 8.44. The quantitative estimate of drug-likeness (QED) is 0.220. The van der Waals surface area contributed by atoms with Crippen LogP contribution in [0.5, 0.6) is 0 Å². The minimum absolute atomic E-state index is 0.152. The fourth-order valence-electron chi connectivity index (χ4n) is 0.565. The lowest BCUT2D eigenvalue weighted by atomic mass is 9.92. The molecule has 0 saturated carbocycles. The van der Waals surface area contributed by atoms with E-state index < -0.39 is 5.38 Å². The number of hydrogen-bond donors (Lipinski definition) is 1. The smallest absolute Gasteiger partial charge is 0.243 e. The minimum atomic E-state index is -0.405. The summed E-state index contributed by atoms with van der Waals surface area (Å²) in [6, 6.07) is 0. The zero-order valence-corrected chi connectivity index (χ0v) is 8.01. The molecular formula is C7H14ClNO2. The standard InChI is InChI=1S/C7H14ClNO2/c1-7(2,3)5(8)6(9-10)11-4/h5,10H,1-4H3/b9-6-. The fraction of sp³-hybridized carbons (Fsp3) is 0.857. The van der Waals surface area contributed by atoms with E-state index in [0.717, 1.165) is 0 Å². The first-order chi connectivity index (χ1) is 4.93. The number of methoxy groups -OCH3 is 1. The minimum Gasteiger partial charge on any atom is -0.481 e. The normalized spacial score (nSPS) is 16.3. The molecule has 0 fully saturated rings. The van der Waals surface area contributed by atoms with Crippen molar-refractivity contribution in [3.63, 3.8) is 0 Å². The highest BCUT2D eigenvalue weighted by Crippen LogP contribution is 2.25. The predicted molar refractivity (Wildman–Crippen MR) is 45.3 cm³/mol. The van der Waals surface area contributed by atoms with E-state index >= 15 is 0 Å². The number of rotatable bonds is 1. The topological polar surface area (TPSA) is 41.8 Å². The van der Waals surface area contributed by atoms with Gasteiger partial charge in [0.05, 0.1) is 7.11 Å². The van der Waals surface area contributed by atoms with Gasteiger partial charge in [-0.15, -0.1) is 11.6 Å². The van der Waals surface area contributed by atoms with E-state index in [1.54, 1.807) is 0 Å². The van der Waals surface area contributed by atoms with E-state index in [1.165, 1.54) is 7.11 Å². The predicted octanol–water partition coefficient (Wildman–Crippen LogP) is 2.07. The van der Waals surface area contributed by atoms with E-state index in [9.17, 15) is 0 Å². The van der Waals surface area contributed by atoms with Crippen LogP contribution in [0.25, 0.3) is 0 Å². The molecule has 0 aliphatic carbocycles. The van der Waals surface area contributed by atoms with Crippen molar-refractivity contribution in [1.82, 2.24) is 0 Å². The van der Waals surface area contributed by atoms with Gasteiger partial charge in [-0.3, -0.25) is 0 Å². The molecule has 0 saturated heterocycles. The molecule has 0 aromatic carbocycles. The van der Waals surface area contributed by atoms with Crippen molar-refractivity contribution in [3.05, 3.63) is 0 Å². The summed E-state index contributed by atoms with van der Waals surface area (Å²) in [5.74, 6) is 0.152. The fourth-order valence-corrected chi connectivity index (χ4v) is 0.698. The second-order valence-electron chi connectivity index (χ2n) is 3.37. The third kappa shape index (κ3) is 2.97. The molecular weight excluding hydrogens is 166 g/mol. The van der Waals surface area contributed by atoms with Gasteiger partial charge in [0.2, 0.25) is 5.90 Å². The molecule has 0 aliphatic heterocycles. The van der Waals surface area contributed by atoms with Crippen LogP contribution in [0.1, 0.15) is 20.8 Å². The summed E-state index contributed by atoms with van der Waals surface area (Å²) in [7, 11) is 1.43. The first kappa shape index (κ1) is 10.6. The number of hydrogen-bond acceptors (Lipinski definition) is 3. The first-order valence-electron chi connectivity index (χ1n) is 3.33. The lowest BCUT2D eigenvalue weighted by Crippen LogP contribution is -2.30. The van der Waals surface area contributed by atoms with Crippen molar-refractivity contribution in [1.29, 1.82) is 0 Å². The summed E-state index contributed by atoms with van der Waals surface area (Å²) in [5.41, 5.74) is -0.168. The van der Waals surface area contributed by atoms with E-state index in [2.05, 4.69) is 5.16 Å². The van der Waals surface area contributed by atoms with Crippen LogP contribution in [0.15, 0.2) is 5.16 Å². The molecule has 0 spiro atoms. The number of ether oxygens (including phenoxy) is 1. The van der Waals surface area contributed by atoms with Crippen LogP contribution in [0, 0.1) is 5.41 Å². The lowest BCUT2D eigenvalue weighted by molar-refractivity contribution is 0.268. The molecule has 1 atom stereocenters. The van der Waals surface area contributed by atoms with Crippen LogP contribution in [0.3, 0.4) is 0 Å².